The summed E-state index contributed by atoms with van der Waals surface area (Å²) in [5.74, 6) is -0.248. The molecule has 0 saturated heterocycles. The number of halogens is 2. The Hall–Kier alpha value is -3.53. The Bertz CT molecular complexity index is 1180. The maximum atomic E-state index is 12.8. The minimum atomic E-state index is -2.95. The molecule has 1 aromatic heterocycles. The van der Waals surface area contributed by atoms with E-state index in [1.165, 1.54) is 43.1 Å². The van der Waals surface area contributed by atoms with Crippen LogP contribution < -0.4 is 9.75 Å². The van der Waals surface area contributed by atoms with Crippen molar-refractivity contribution in [3.05, 3.63) is 65.1 Å². The van der Waals surface area contributed by atoms with Crippen LogP contribution in [0.5, 0.6) is 5.75 Å². The van der Waals surface area contributed by atoms with Crippen molar-refractivity contribution in [1.82, 2.24) is 14.9 Å². The number of thioether (sulfide) groups is 1. The topological polar surface area (TPSA) is 77.3 Å². The number of nitrogens with zero attached hydrogens (tertiary/aromatic N) is 4. The molecule has 3 aromatic rings. The first kappa shape index (κ1) is 20.7. The average molecular weight is 442 g/mol. The first-order chi connectivity index (χ1) is 14.9. The van der Waals surface area contributed by atoms with Gasteiger partial charge in [-0.1, -0.05) is 30.3 Å². The van der Waals surface area contributed by atoms with Crippen molar-refractivity contribution < 1.29 is 23.1 Å². The third kappa shape index (κ3) is 3.93. The third-order valence-electron chi connectivity index (χ3n) is 4.44. The van der Waals surface area contributed by atoms with Gasteiger partial charge in [-0.15, -0.1) is 10.2 Å². The van der Waals surface area contributed by atoms with E-state index in [1.54, 1.807) is 4.68 Å². The van der Waals surface area contributed by atoms with Crippen LogP contribution >= 0.6 is 11.8 Å². The summed E-state index contributed by atoms with van der Waals surface area (Å²) < 4.78 is 30.9. The fourth-order valence-electron chi connectivity index (χ4n) is 3.20. The summed E-state index contributed by atoms with van der Waals surface area (Å²) in [6.45, 7) is -0.204. The van der Waals surface area contributed by atoms with Crippen LogP contribution in [0.4, 0.5) is 8.78 Å². The Morgan fingerprint density at radius 2 is 1.65 bits per heavy atom. The van der Waals surface area contributed by atoms with E-state index in [2.05, 4.69) is 14.9 Å². The van der Waals surface area contributed by atoms with Gasteiger partial charge in [-0.05, 0) is 43.0 Å². The van der Waals surface area contributed by atoms with E-state index in [0.29, 0.717) is 22.2 Å². The Labute approximate surface area is 180 Å². The van der Waals surface area contributed by atoms with Crippen molar-refractivity contribution in [1.29, 1.82) is 0 Å². The molecule has 0 aliphatic carbocycles. The number of allylic oxidation sites excluding steroid dienone is 1. The van der Waals surface area contributed by atoms with Crippen molar-refractivity contribution in [3.63, 3.8) is 0 Å². The van der Waals surface area contributed by atoms with Crippen LogP contribution in [-0.4, -0.2) is 33.2 Å². The summed E-state index contributed by atoms with van der Waals surface area (Å²) in [5.41, 5.74) is 1.53. The molecule has 158 valence electrons. The fraction of sp³-hybridized carbons (Fsp3) is 0.143. The smallest absolute Gasteiger partial charge is 0.387 e. The zero-order valence-electron chi connectivity index (χ0n) is 16.5. The summed E-state index contributed by atoms with van der Waals surface area (Å²) in [7, 11) is 0. The number of hydrogen-bond donors (Lipinski definition) is 0. The van der Waals surface area contributed by atoms with Gasteiger partial charge in [-0.2, -0.15) is 13.5 Å². The van der Waals surface area contributed by atoms with Gasteiger partial charge >= 0.3 is 6.61 Å². The minimum absolute atomic E-state index is 0.0310. The molecule has 2 aromatic carbocycles. The first-order valence-corrected chi connectivity index (χ1v) is 9.98. The summed E-state index contributed by atoms with van der Waals surface area (Å²) in [6.07, 6.45) is 0. The molecule has 0 radical (unpaired) electrons. The van der Waals surface area contributed by atoms with Gasteiger partial charge in [0.1, 0.15) is 5.75 Å². The lowest BCUT2D eigenvalue weighted by Gasteiger charge is -2.32. The van der Waals surface area contributed by atoms with Gasteiger partial charge in [0.25, 0.3) is 0 Å². The number of Topliss-reactive ketones (excluding diaryl/α,β-unsaturated/α-hetero) is 1. The highest BCUT2D eigenvalue weighted by molar-refractivity contribution is 8.04. The molecular formula is C21H16F2N4O3S. The molecule has 31 heavy (non-hydrogen) atoms. The minimum Gasteiger partial charge on any atom is -0.435 e. The van der Waals surface area contributed by atoms with Gasteiger partial charge in [0, 0.05) is 18.1 Å². The predicted molar refractivity (Wildman–Crippen MR) is 111 cm³/mol. The van der Waals surface area contributed by atoms with Crippen LogP contribution in [0.3, 0.4) is 0 Å². The van der Waals surface area contributed by atoms with E-state index in [-0.39, 0.29) is 22.3 Å². The number of carbonyl (C=O) groups excluding carboxylic acids is 2. The predicted octanol–water partition coefficient (Wildman–Crippen LogP) is 4.09. The number of hydrogen-bond acceptors (Lipinski definition) is 6. The summed E-state index contributed by atoms with van der Waals surface area (Å²) >= 11 is 1.09. The second-order valence-corrected chi connectivity index (χ2v) is 7.53. The van der Waals surface area contributed by atoms with Crippen LogP contribution in [0, 0.1) is 0 Å². The van der Waals surface area contributed by atoms with Gasteiger partial charge in [0.2, 0.25) is 11.1 Å². The molecule has 10 heteroatoms. The number of alkyl halides is 2. The summed E-state index contributed by atoms with van der Waals surface area (Å²) in [4.78, 5) is 25.5. The monoisotopic (exact) mass is 442 g/mol. The van der Waals surface area contributed by atoms with E-state index in [0.717, 1.165) is 17.3 Å². The maximum Gasteiger partial charge on any atom is 0.387 e. The van der Waals surface area contributed by atoms with Gasteiger partial charge in [0.05, 0.1) is 10.6 Å². The lowest BCUT2D eigenvalue weighted by atomic mass is 10.1. The summed E-state index contributed by atoms with van der Waals surface area (Å²) in [6, 6.07) is 14.9. The van der Waals surface area contributed by atoms with Crippen molar-refractivity contribution in [2.75, 3.05) is 5.01 Å². The first-order valence-electron chi connectivity index (χ1n) is 9.17. The standard InChI is InChI=1S/C21H16F2N4O3S/c1-12(28)18-17(14-8-10-16(11-9-14)30-20(22)23)26(13(2)29)27-19(24-25-21(27)31-18)15-6-4-3-5-7-15/h3-11,20H,1-2H3. The number of aromatic nitrogens is 3. The number of ketones is 1. The van der Waals surface area contributed by atoms with Crippen LogP contribution in [0.25, 0.3) is 17.1 Å². The lowest BCUT2D eigenvalue weighted by Crippen LogP contribution is -2.41. The van der Waals surface area contributed by atoms with Crippen molar-refractivity contribution in [2.45, 2.75) is 25.6 Å². The Kier molecular flexibility index (Phi) is 5.55. The van der Waals surface area contributed by atoms with Crippen molar-refractivity contribution in [3.8, 4) is 17.1 Å². The SMILES string of the molecule is CC(=O)C1=C(c2ccc(OC(F)F)cc2)N(C(C)=O)n2c(nnc2-c2ccccc2)S1. The number of benzene rings is 2. The quantitative estimate of drug-likeness (QED) is 0.592. The molecule has 1 aliphatic rings. The number of amides is 1. The van der Waals surface area contributed by atoms with Crippen molar-refractivity contribution in [2.24, 2.45) is 0 Å². The summed E-state index contributed by atoms with van der Waals surface area (Å²) in [5, 5.41) is 10.1. The van der Waals surface area contributed by atoms with E-state index >= 15 is 0 Å². The van der Waals surface area contributed by atoms with Gasteiger partial charge < -0.3 is 4.74 Å². The van der Waals surface area contributed by atoms with Crippen LogP contribution in [0.2, 0.25) is 0 Å². The molecular weight excluding hydrogens is 426 g/mol. The molecule has 0 saturated carbocycles. The highest BCUT2D eigenvalue weighted by Gasteiger charge is 2.35. The molecule has 4 rings (SSSR count). The van der Waals surface area contributed by atoms with Crippen LogP contribution in [-0.2, 0) is 9.59 Å². The Morgan fingerprint density at radius 1 is 0.968 bits per heavy atom. The van der Waals surface area contributed by atoms with E-state index in [9.17, 15) is 18.4 Å². The van der Waals surface area contributed by atoms with E-state index in [4.69, 9.17) is 0 Å². The second kappa shape index (κ2) is 8.31. The normalized spacial score (nSPS) is 13.4. The number of rotatable bonds is 5. The molecule has 2 heterocycles. The lowest BCUT2D eigenvalue weighted by molar-refractivity contribution is -0.117. The Morgan fingerprint density at radius 3 is 2.23 bits per heavy atom. The number of ether oxygens (including phenoxy) is 1. The van der Waals surface area contributed by atoms with Crippen LogP contribution in [0.1, 0.15) is 19.4 Å². The van der Waals surface area contributed by atoms with Crippen molar-refractivity contribution >= 4 is 29.1 Å². The molecule has 0 unspecified atom stereocenters. The van der Waals surface area contributed by atoms with Crippen LogP contribution in [0.15, 0.2) is 64.7 Å². The molecule has 0 N–H and O–H groups in total. The molecule has 0 atom stereocenters. The zero-order valence-corrected chi connectivity index (χ0v) is 17.3. The Balaban J connectivity index is 1.88. The zero-order chi connectivity index (χ0) is 22.1. The highest BCUT2D eigenvalue weighted by Crippen LogP contribution is 2.41. The second-order valence-electron chi connectivity index (χ2n) is 6.55. The fourth-order valence-corrected chi connectivity index (χ4v) is 4.16. The molecule has 7 nitrogen and oxygen atoms in total. The maximum absolute atomic E-state index is 12.8. The highest BCUT2D eigenvalue weighted by atomic mass is 32.2. The van der Waals surface area contributed by atoms with Gasteiger partial charge in [0.15, 0.2) is 11.6 Å². The molecule has 0 spiro atoms. The van der Waals surface area contributed by atoms with E-state index in [1.807, 2.05) is 30.3 Å². The third-order valence-corrected chi connectivity index (χ3v) is 5.56. The molecule has 1 aliphatic heterocycles. The van der Waals surface area contributed by atoms with Gasteiger partial charge in [-0.3, -0.25) is 9.59 Å². The average Bonchev–Trinajstić information content (AvgIpc) is 3.16. The molecule has 0 fully saturated rings. The van der Waals surface area contributed by atoms with Gasteiger partial charge in [-0.25, -0.2) is 5.01 Å². The van der Waals surface area contributed by atoms with E-state index < -0.39 is 6.61 Å². The number of fused-ring (bicyclic) bond motifs is 1. The molecule has 1 amide bonds. The molecule has 0 bridgehead atoms. The largest absolute Gasteiger partial charge is 0.435 e. The number of carbonyl (C=O) groups is 2.